The molecule has 0 aliphatic heterocycles. The molecule has 0 amide bonds. The smallest absolute Gasteiger partial charge is 0.283 e. The van der Waals surface area contributed by atoms with E-state index in [1.165, 1.54) is 36.4 Å². The quantitative estimate of drug-likeness (QED) is 0.481. The van der Waals surface area contributed by atoms with E-state index >= 15 is 0 Å². The van der Waals surface area contributed by atoms with Crippen molar-refractivity contribution in [3.63, 3.8) is 0 Å². The first-order valence-corrected chi connectivity index (χ1v) is 7.24. The molecule has 0 saturated heterocycles. The Morgan fingerprint density at radius 3 is 2.57 bits per heavy atom. The summed E-state index contributed by atoms with van der Waals surface area (Å²) >= 11 is 0. The molecule has 0 aromatic heterocycles. The van der Waals surface area contributed by atoms with Gasteiger partial charge in [-0.15, -0.1) is 0 Å². The molecule has 108 valence electrons. The van der Waals surface area contributed by atoms with Crippen LogP contribution in [0.5, 0.6) is 0 Å². The van der Waals surface area contributed by atoms with Crippen LogP contribution in [0.2, 0.25) is 0 Å². The van der Waals surface area contributed by atoms with Crippen molar-refractivity contribution in [1.29, 1.82) is 0 Å². The van der Waals surface area contributed by atoms with Crippen LogP contribution in [0.1, 0.15) is 6.92 Å². The summed E-state index contributed by atoms with van der Waals surface area (Å²) in [4.78, 5) is 20.8. The lowest BCUT2D eigenvalue weighted by Crippen LogP contribution is -2.09. The number of nitrogens with zero attached hydrogens (tertiary/aromatic N) is 2. The summed E-state index contributed by atoms with van der Waals surface area (Å²) in [6.07, 6.45) is 3.77. The van der Waals surface area contributed by atoms with Gasteiger partial charge >= 0.3 is 0 Å². The van der Waals surface area contributed by atoms with E-state index in [-0.39, 0.29) is 22.1 Å². The van der Waals surface area contributed by atoms with E-state index in [9.17, 15) is 23.3 Å². The summed E-state index contributed by atoms with van der Waals surface area (Å²) in [5.74, 6) is -0.251. The Bertz CT molecular complexity index is 819. The van der Waals surface area contributed by atoms with E-state index in [2.05, 4.69) is 4.40 Å². The molecule has 1 aliphatic rings. The second kappa shape index (κ2) is 5.41. The van der Waals surface area contributed by atoms with Crippen LogP contribution in [-0.2, 0) is 14.8 Å². The molecular formula is C13H10N2O5S. The van der Waals surface area contributed by atoms with Gasteiger partial charge < -0.3 is 0 Å². The second-order valence-corrected chi connectivity index (χ2v) is 5.87. The summed E-state index contributed by atoms with van der Waals surface area (Å²) in [5, 5.41) is 10.7. The van der Waals surface area contributed by atoms with Crippen molar-refractivity contribution in [3.05, 3.63) is 58.2 Å². The van der Waals surface area contributed by atoms with E-state index in [0.29, 0.717) is 5.57 Å². The Kier molecular flexibility index (Phi) is 3.81. The third-order valence-corrected chi connectivity index (χ3v) is 4.00. The minimum Gasteiger partial charge on any atom is -0.290 e. The largest absolute Gasteiger partial charge is 0.290 e. The maximum atomic E-state index is 12.1. The third kappa shape index (κ3) is 3.29. The van der Waals surface area contributed by atoms with E-state index in [1.807, 2.05) is 0 Å². The van der Waals surface area contributed by atoms with Gasteiger partial charge in [-0.2, -0.15) is 12.8 Å². The molecule has 0 fully saturated rings. The third-order valence-electron chi connectivity index (χ3n) is 2.71. The van der Waals surface area contributed by atoms with Gasteiger partial charge in [0.1, 0.15) is 0 Å². The van der Waals surface area contributed by atoms with Crippen molar-refractivity contribution in [1.82, 2.24) is 0 Å². The summed E-state index contributed by atoms with van der Waals surface area (Å²) in [6, 6.07) is 4.63. The van der Waals surface area contributed by atoms with Crippen LogP contribution < -0.4 is 0 Å². The normalized spacial score (nSPS) is 16.9. The van der Waals surface area contributed by atoms with Crippen molar-refractivity contribution in [3.8, 4) is 0 Å². The van der Waals surface area contributed by atoms with Gasteiger partial charge in [-0.1, -0.05) is 6.07 Å². The minimum atomic E-state index is -4.09. The standard InChI is InChI=1S/C13H10N2O5S/c1-9-7-11(16)5-6-13(9)14-21(19,20)12-4-2-3-10(8-12)15(17)18/h2-8H,1H3/b14-13+. The molecule has 0 heterocycles. The van der Waals surface area contributed by atoms with Gasteiger partial charge in [0.2, 0.25) is 0 Å². The molecule has 0 N–H and O–H groups in total. The maximum absolute atomic E-state index is 12.1. The number of carbonyl (C=O) groups excluding carboxylic acids is 1. The van der Waals surface area contributed by atoms with Gasteiger partial charge in [-0.3, -0.25) is 14.9 Å². The summed E-state index contributed by atoms with van der Waals surface area (Å²) in [7, 11) is -4.09. The number of hydrogen-bond acceptors (Lipinski definition) is 5. The highest BCUT2D eigenvalue weighted by atomic mass is 32.2. The predicted octanol–water partition coefficient (Wildman–Crippen LogP) is 1.81. The highest BCUT2D eigenvalue weighted by Crippen LogP contribution is 2.20. The number of rotatable bonds is 3. The van der Waals surface area contributed by atoms with Crippen molar-refractivity contribution in [2.75, 3.05) is 0 Å². The average Bonchev–Trinajstić information content (AvgIpc) is 2.42. The molecule has 1 aromatic carbocycles. The highest BCUT2D eigenvalue weighted by molar-refractivity contribution is 7.90. The second-order valence-electron chi connectivity index (χ2n) is 4.27. The van der Waals surface area contributed by atoms with Gasteiger partial charge in [-0.25, -0.2) is 0 Å². The van der Waals surface area contributed by atoms with Crippen molar-refractivity contribution in [2.24, 2.45) is 4.40 Å². The molecule has 0 unspecified atom stereocenters. The number of nitro groups is 1. The molecule has 2 rings (SSSR count). The zero-order chi connectivity index (χ0) is 15.6. The zero-order valence-electron chi connectivity index (χ0n) is 10.9. The first-order valence-electron chi connectivity index (χ1n) is 5.80. The molecule has 0 spiro atoms. The number of hydrogen-bond donors (Lipinski definition) is 0. The van der Waals surface area contributed by atoms with Gasteiger partial charge in [-0.05, 0) is 36.8 Å². The van der Waals surface area contributed by atoms with Gasteiger partial charge in [0, 0.05) is 12.1 Å². The van der Waals surface area contributed by atoms with E-state index < -0.39 is 14.9 Å². The van der Waals surface area contributed by atoms with E-state index in [4.69, 9.17) is 0 Å². The summed E-state index contributed by atoms with van der Waals surface area (Å²) < 4.78 is 27.9. The zero-order valence-corrected chi connectivity index (χ0v) is 11.7. The van der Waals surface area contributed by atoms with Crippen LogP contribution in [0, 0.1) is 10.1 Å². The van der Waals surface area contributed by atoms with Crippen LogP contribution in [0.3, 0.4) is 0 Å². The van der Waals surface area contributed by atoms with E-state index in [1.54, 1.807) is 6.92 Å². The maximum Gasteiger partial charge on any atom is 0.283 e. The van der Waals surface area contributed by atoms with Crippen molar-refractivity contribution >= 4 is 27.2 Å². The average molecular weight is 306 g/mol. The van der Waals surface area contributed by atoms with Crippen LogP contribution >= 0.6 is 0 Å². The van der Waals surface area contributed by atoms with Crippen molar-refractivity contribution in [2.45, 2.75) is 11.8 Å². The lowest BCUT2D eigenvalue weighted by atomic mass is 10.1. The molecule has 0 atom stereocenters. The Balaban J connectivity index is 2.46. The molecule has 21 heavy (non-hydrogen) atoms. The molecule has 1 aromatic rings. The number of non-ortho nitro benzene ring substituents is 1. The molecule has 0 saturated carbocycles. The lowest BCUT2D eigenvalue weighted by molar-refractivity contribution is -0.385. The lowest BCUT2D eigenvalue weighted by Gasteiger charge is -2.06. The van der Waals surface area contributed by atoms with Crippen LogP contribution in [-0.4, -0.2) is 24.8 Å². The number of benzene rings is 1. The SMILES string of the molecule is CC1=CC(=O)C=C/C1=N\S(=O)(=O)c1cccc([N+](=O)[O-])c1. The molecule has 7 nitrogen and oxygen atoms in total. The topological polar surface area (TPSA) is 107 Å². The Morgan fingerprint density at radius 1 is 1.24 bits per heavy atom. The molecular weight excluding hydrogens is 296 g/mol. The van der Waals surface area contributed by atoms with Gasteiger partial charge in [0.15, 0.2) is 5.78 Å². The fraction of sp³-hybridized carbons (Fsp3) is 0.0769. The number of nitro benzene ring substituents is 1. The summed E-state index contributed by atoms with van der Waals surface area (Å²) in [5.41, 5.74) is 0.204. The van der Waals surface area contributed by atoms with Crippen LogP contribution in [0.25, 0.3) is 0 Å². The van der Waals surface area contributed by atoms with Crippen LogP contribution in [0.15, 0.2) is 57.4 Å². The number of carbonyl (C=O) groups is 1. The Morgan fingerprint density at radius 2 is 1.95 bits per heavy atom. The number of ketones is 1. The first kappa shape index (κ1) is 14.8. The fourth-order valence-corrected chi connectivity index (χ4v) is 2.76. The van der Waals surface area contributed by atoms with E-state index in [0.717, 1.165) is 6.07 Å². The molecule has 0 radical (unpaired) electrons. The fourth-order valence-electron chi connectivity index (χ4n) is 1.67. The Hall–Kier alpha value is -2.61. The molecule has 1 aliphatic carbocycles. The first-order chi connectivity index (χ1) is 9.79. The summed E-state index contributed by atoms with van der Waals surface area (Å²) in [6.45, 7) is 1.56. The predicted molar refractivity (Wildman–Crippen MR) is 75.6 cm³/mol. The number of sulfonamides is 1. The molecule has 0 bridgehead atoms. The number of allylic oxidation sites excluding steroid dienone is 4. The minimum absolute atomic E-state index is 0.126. The molecule has 8 heteroatoms. The Labute approximate surface area is 120 Å². The monoisotopic (exact) mass is 306 g/mol. The highest BCUT2D eigenvalue weighted by Gasteiger charge is 2.19. The van der Waals surface area contributed by atoms with Crippen LogP contribution in [0.4, 0.5) is 5.69 Å². The van der Waals surface area contributed by atoms with Gasteiger partial charge in [0.05, 0.1) is 15.5 Å². The van der Waals surface area contributed by atoms with Crippen molar-refractivity contribution < 1.29 is 18.1 Å². The van der Waals surface area contributed by atoms with Gasteiger partial charge in [0.25, 0.3) is 15.7 Å².